The maximum atomic E-state index is 12.3. The van der Waals surface area contributed by atoms with Crippen molar-refractivity contribution in [2.24, 2.45) is 11.8 Å². The fourth-order valence-electron chi connectivity index (χ4n) is 2.10. The lowest BCUT2D eigenvalue weighted by Gasteiger charge is -2.42. The van der Waals surface area contributed by atoms with E-state index < -0.39 is 8.32 Å². The number of carbonyl (C=O) groups is 1. The molecule has 0 bridgehead atoms. The summed E-state index contributed by atoms with van der Waals surface area (Å²) >= 11 is 0. The maximum Gasteiger partial charge on any atom is 0.311 e. The van der Waals surface area contributed by atoms with Gasteiger partial charge in [-0.15, -0.1) is 6.58 Å². The average molecular weight is 329 g/mol. The summed E-state index contributed by atoms with van der Waals surface area (Å²) in [5, 5.41) is 0.112. The van der Waals surface area contributed by atoms with Gasteiger partial charge in [-0.3, -0.25) is 4.79 Å². The molecule has 3 nitrogen and oxygen atoms in total. The molecule has 0 aliphatic heterocycles. The smallest absolute Gasteiger partial charge is 0.311 e. The number of carbonyl (C=O) groups excluding carboxylic acids is 1. The second kappa shape index (κ2) is 8.30. The third kappa shape index (κ3) is 6.25. The van der Waals surface area contributed by atoms with Crippen molar-refractivity contribution in [1.29, 1.82) is 0 Å². The van der Waals surface area contributed by atoms with E-state index in [4.69, 9.17) is 9.16 Å². The van der Waals surface area contributed by atoms with E-state index >= 15 is 0 Å². The van der Waals surface area contributed by atoms with Gasteiger partial charge in [0, 0.05) is 0 Å². The lowest BCUT2D eigenvalue weighted by molar-refractivity contribution is -0.156. The van der Waals surface area contributed by atoms with Gasteiger partial charge in [-0.05, 0) is 51.2 Å². The zero-order valence-corrected chi connectivity index (χ0v) is 17.0. The first kappa shape index (κ1) is 21.4. The van der Waals surface area contributed by atoms with Crippen LogP contribution in [-0.4, -0.2) is 26.5 Å². The molecule has 0 aliphatic carbocycles. The van der Waals surface area contributed by atoms with E-state index in [1.807, 2.05) is 26.8 Å². The topological polar surface area (TPSA) is 35.5 Å². The summed E-state index contributed by atoms with van der Waals surface area (Å²) in [4.78, 5) is 12.3. The van der Waals surface area contributed by atoms with Gasteiger partial charge in [-0.1, -0.05) is 33.8 Å². The van der Waals surface area contributed by atoms with Gasteiger partial charge < -0.3 is 9.16 Å². The first-order valence-corrected chi connectivity index (χ1v) is 11.2. The average Bonchev–Trinajstić information content (AvgIpc) is 2.33. The van der Waals surface area contributed by atoms with Gasteiger partial charge in [0.1, 0.15) is 0 Å². The molecule has 0 saturated heterocycles. The lowest BCUT2D eigenvalue weighted by Crippen LogP contribution is -2.48. The number of rotatable bonds is 8. The highest BCUT2D eigenvalue weighted by Crippen LogP contribution is 2.39. The normalized spacial score (nSPS) is 17.0. The van der Waals surface area contributed by atoms with Crippen LogP contribution in [0.4, 0.5) is 0 Å². The molecule has 130 valence electrons. The molecule has 0 amide bonds. The van der Waals surface area contributed by atoms with Crippen LogP contribution < -0.4 is 0 Å². The van der Waals surface area contributed by atoms with Gasteiger partial charge in [-0.25, -0.2) is 0 Å². The molecule has 0 radical (unpaired) electrons. The van der Waals surface area contributed by atoms with Crippen molar-refractivity contribution in [3.8, 4) is 0 Å². The Hall–Kier alpha value is -0.613. The summed E-state index contributed by atoms with van der Waals surface area (Å²) in [6.45, 7) is 22.7. The molecule has 0 fully saturated rings. The third-order valence-corrected chi connectivity index (χ3v) is 9.03. The van der Waals surface area contributed by atoms with Crippen molar-refractivity contribution in [3.63, 3.8) is 0 Å². The molecule has 0 aromatic rings. The van der Waals surface area contributed by atoms with Crippen molar-refractivity contribution >= 4 is 14.3 Å². The van der Waals surface area contributed by atoms with Gasteiger partial charge in [0.2, 0.25) is 0 Å². The van der Waals surface area contributed by atoms with Gasteiger partial charge in [-0.2, -0.15) is 0 Å². The number of allylic oxidation sites excluding steroid dienone is 1. The molecule has 4 heteroatoms. The largest absolute Gasteiger partial charge is 0.463 e. The Morgan fingerprint density at radius 2 is 1.68 bits per heavy atom. The number of esters is 1. The molecular weight excluding hydrogens is 292 g/mol. The number of hydrogen-bond donors (Lipinski definition) is 0. The predicted octanol–water partition coefficient (Wildman–Crippen LogP) is 5.18. The SMILES string of the molecule is C=CC[C@@H](C)[C@H](O[Si](C)(C)C(C)(C)C)[C@H](C)C(=O)OC(C)C. The molecular formula is C18H36O3Si. The zero-order valence-electron chi connectivity index (χ0n) is 16.0. The molecule has 0 heterocycles. The zero-order chi connectivity index (χ0) is 17.7. The minimum Gasteiger partial charge on any atom is -0.463 e. The molecule has 0 spiro atoms. The molecule has 3 atom stereocenters. The van der Waals surface area contributed by atoms with Crippen LogP contribution in [0, 0.1) is 11.8 Å². The van der Waals surface area contributed by atoms with Gasteiger partial charge in [0.05, 0.1) is 18.1 Å². The van der Waals surface area contributed by atoms with E-state index in [0.717, 1.165) is 6.42 Å². The Labute approximate surface area is 138 Å². The number of ether oxygens (including phenoxy) is 1. The molecule has 0 N–H and O–H groups in total. The number of hydrogen-bond acceptors (Lipinski definition) is 3. The van der Waals surface area contributed by atoms with Crippen LogP contribution in [0.1, 0.15) is 54.9 Å². The summed E-state index contributed by atoms with van der Waals surface area (Å²) in [7, 11) is -1.95. The minimum atomic E-state index is -1.95. The molecule has 0 unspecified atom stereocenters. The van der Waals surface area contributed by atoms with Crippen LogP contribution in [0.25, 0.3) is 0 Å². The molecule has 0 rings (SSSR count). The highest BCUT2D eigenvalue weighted by Gasteiger charge is 2.42. The Bertz CT molecular complexity index is 369. The van der Waals surface area contributed by atoms with Crippen LogP contribution >= 0.6 is 0 Å². The summed E-state index contributed by atoms with van der Waals surface area (Å²) in [5.74, 6) is -0.206. The lowest BCUT2D eigenvalue weighted by atomic mass is 9.91. The maximum absolute atomic E-state index is 12.3. The Morgan fingerprint density at radius 1 is 1.18 bits per heavy atom. The van der Waals surface area contributed by atoms with E-state index in [2.05, 4.69) is 47.4 Å². The van der Waals surface area contributed by atoms with Crippen LogP contribution in [0.3, 0.4) is 0 Å². The Morgan fingerprint density at radius 3 is 2.05 bits per heavy atom. The van der Waals surface area contributed by atoms with E-state index in [1.165, 1.54) is 0 Å². The predicted molar refractivity (Wildman–Crippen MR) is 96.4 cm³/mol. The highest BCUT2D eigenvalue weighted by molar-refractivity contribution is 6.74. The first-order chi connectivity index (χ1) is 9.83. The summed E-state index contributed by atoms with van der Waals surface area (Å²) in [6.07, 6.45) is 2.49. The summed E-state index contributed by atoms with van der Waals surface area (Å²) < 4.78 is 12.0. The van der Waals surface area contributed by atoms with Crippen molar-refractivity contribution in [1.82, 2.24) is 0 Å². The highest BCUT2D eigenvalue weighted by atomic mass is 28.4. The van der Waals surface area contributed by atoms with Gasteiger partial charge in [0.15, 0.2) is 8.32 Å². The van der Waals surface area contributed by atoms with Crippen LogP contribution in [0.5, 0.6) is 0 Å². The van der Waals surface area contributed by atoms with Gasteiger partial charge >= 0.3 is 5.97 Å². The molecule has 0 saturated carbocycles. The van der Waals surface area contributed by atoms with E-state index in [-0.39, 0.29) is 35.1 Å². The van der Waals surface area contributed by atoms with Crippen LogP contribution in [0.2, 0.25) is 18.1 Å². The van der Waals surface area contributed by atoms with Crippen molar-refractivity contribution < 1.29 is 14.0 Å². The third-order valence-electron chi connectivity index (χ3n) is 4.55. The Balaban J connectivity index is 5.29. The Kier molecular flexibility index (Phi) is 8.07. The first-order valence-electron chi connectivity index (χ1n) is 8.32. The van der Waals surface area contributed by atoms with Crippen LogP contribution in [0.15, 0.2) is 12.7 Å². The van der Waals surface area contributed by atoms with Crippen molar-refractivity contribution in [2.45, 2.75) is 85.2 Å². The quantitative estimate of drug-likeness (QED) is 0.350. The fourth-order valence-corrected chi connectivity index (χ4v) is 3.57. The molecule has 0 aliphatic rings. The fraction of sp³-hybridized carbons (Fsp3) is 0.833. The monoisotopic (exact) mass is 328 g/mol. The van der Waals surface area contributed by atoms with E-state index in [0.29, 0.717) is 0 Å². The second-order valence-corrected chi connectivity index (χ2v) is 12.9. The van der Waals surface area contributed by atoms with Gasteiger partial charge in [0.25, 0.3) is 0 Å². The van der Waals surface area contributed by atoms with E-state index in [9.17, 15) is 4.79 Å². The summed E-state index contributed by atoms with van der Waals surface area (Å²) in [5.41, 5.74) is 0. The summed E-state index contributed by atoms with van der Waals surface area (Å²) in [6, 6.07) is 0. The van der Waals surface area contributed by atoms with Crippen molar-refractivity contribution in [2.75, 3.05) is 0 Å². The molecule has 0 aromatic heterocycles. The van der Waals surface area contributed by atoms with E-state index in [1.54, 1.807) is 0 Å². The standard InChI is InChI=1S/C18H36O3Si/c1-11-12-14(4)16(15(5)17(19)20-13(2)3)21-22(9,10)18(6,7)8/h11,13-16H,1,12H2,2-10H3/t14-,15+,16+/m1/s1. The molecule has 0 aromatic carbocycles. The van der Waals surface area contributed by atoms with Crippen LogP contribution in [-0.2, 0) is 14.0 Å². The van der Waals surface area contributed by atoms with Crippen molar-refractivity contribution in [3.05, 3.63) is 12.7 Å². The second-order valence-electron chi connectivity index (χ2n) is 8.12. The molecule has 22 heavy (non-hydrogen) atoms. The minimum absolute atomic E-state index is 0.0989.